The second-order valence-corrected chi connectivity index (χ2v) is 15.7. The van der Waals surface area contributed by atoms with Crippen LogP contribution in [0.4, 0.5) is 15.8 Å². The number of fused-ring (bicyclic) bond motifs is 2. The number of anilines is 2. The first-order valence-corrected chi connectivity index (χ1v) is 19.6. The summed E-state index contributed by atoms with van der Waals surface area (Å²) in [7, 11) is 0. The molecular weight excluding hydrogens is 698 g/mol. The van der Waals surface area contributed by atoms with Crippen molar-refractivity contribution in [3.05, 3.63) is 119 Å². The van der Waals surface area contributed by atoms with Crippen molar-refractivity contribution >= 4 is 29.1 Å². The van der Waals surface area contributed by atoms with Crippen molar-refractivity contribution in [3.8, 4) is 11.5 Å². The van der Waals surface area contributed by atoms with E-state index in [9.17, 15) is 19.5 Å². The van der Waals surface area contributed by atoms with Crippen LogP contribution in [0, 0.1) is 11.7 Å². The average Bonchev–Trinajstić information content (AvgIpc) is 3.52. The first-order chi connectivity index (χ1) is 26.8. The van der Waals surface area contributed by atoms with Crippen LogP contribution in [0.3, 0.4) is 0 Å². The molecular formula is C44H46FN5O5. The van der Waals surface area contributed by atoms with Gasteiger partial charge in [0, 0.05) is 93.5 Å². The molecule has 3 amide bonds. The minimum atomic E-state index is -0.716. The van der Waals surface area contributed by atoms with Gasteiger partial charge in [0.2, 0.25) is 11.8 Å². The van der Waals surface area contributed by atoms with Crippen LogP contribution in [0.2, 0.25) is 0 Å². The predicted octanol–water partition coefficient (Wildman–Crippen LogP) is 5.64. The molecule has 5 aliphatic rings. The first kappa shape index (κ1) is 35.3. The van der Waals surface area contributed by atoms with Crippen LogP contribution in [0.15, 0.2) is 84.9 Å². The summed E-state index contributed by atoms with van der Waals surface area (Å²) >= 11 is 0. The third kappa shape index (κ3) is 6.90. The molecule has 2 N–H and O–H groups in total. The number of carbonyl (C=O) groups excluding carboxylic acids is 3. The molecule has 11 heteroatoms. The third-order valence-electron chi connectivity index (χ3n) is 12.4. The number of aromatic hydroxyl groups is 1. The fraction of sp³-hybridized carbons (Fsp3) is 0.386. The lowest BCUT2D eigenvalue weighted by Crippen LogP contribution is -2.52. The van der Waals surface area contributed by atoms with Gasteiger partial charge in [0.15, 0.2) is 0 Å². The number of halogens is 1. The number of phenols is 1. The fourth-order valence-corrected chi connectivity index (χ4v) is 9.42. The number of phenolic OH excluding ortho intramolecular Hbond substituents is 1. The lowest BCUT2D eigenvalue weighted by atomic mass is 9.76. The van der Waals surface area contributed by atoms with E-state index < -0.39 is 17.8 Å². The van der Waals surface area contributed by atoms with E-state index in [1.165, 1.54) is 27.8 Å². The van der Waals surface area contributed by atoms with Crippen LogP contribution in [0.1, 0.15) is 70.1 Å². The van der Waals surface area contributed by atoms with E-state index in [1.807, 2.05) is 12.1 Å². The van der Waals surface area contributed by atoms with E-state index in [4.69, 9.17) is 4.74 Å². The number of piperazine rings is 1. The predicted molar refractivity (Wildman–Crippen MR) is 207 cm³/mol. The van der Waals surface area contributed by atoms with Crippen molar-refractivity contribution in [3.63, 3.8) is 0 Å². The number of imide groups is 1. The molecule has 0 radical (unpaired) electrons. The number of piperidine rings is 2. The summed E-state index contributed by atoms with van der Waals surface area (Å²) in [4.78, 5) is 45.7. The lowest BCUT2D eigenvalue weighted by Gasteiger charge is -2.40. The molecule has 4 aromatic rings. The number of hydrogen-bond donors (Lipinski definition) is 2. The molecule has 3 atom stereocenters. The molecule has 4 aromatic carbocycles. The van der Waals surface area contributed by atoms with E-state index in [-0.39, 0.29) is 48.8 Å². The summed E-state index contributed by atoms with van der Waals surface area (Å²) in [6.07, 6.45) is 2.70. The van der Waals surface area contributed by atoms with Gasteiger partial charge >= 0.3 is 0 Å². The minimum Gasteiger partial charge on any atom is -0.508 e. The van der Waals surface area contributed by atoms with E-state index >= 15 is 4.39 Å². The molecule has 0 saturated carbocycles. The van der Waals surface area contributed by atoms with E-state index in [1.54, 1.807) is 18.2 Å². The molecule has 10 nitrogen and oxygen atoms in total. The molecule has 0 bridgehead atoms. The molecule has 9 rings (SSSR count). The maximum atomic E-state index is 15.5. The Morgan fingerprint density at radius 1 is 0.800 bits per heavy atom. The number of hydrogen-bond acceptors (Lipinski definition) is 8. The van der Waals surface area contributed by atoms with Crippen LogP contribution < -0.4 is 19.9 Å². The normalized spacial score (nSPS) is 23.3. The van der Waals surface area contributed by atoms with Crippen LogP contribution >= 0.6 is 0 Å². The Hall–Kier alpha value is -5.42. The zero-order chi connectivity index (χ0) is 37.6. The van der Waals surface area contributed by atoms with Gasteiger partial charge in [-0.25, -0.2) is 4.39 Å². The molecule has 55 heavy (non-hydrogen) atoms. The summed E-state index contributed by atoms with van der Waals surface area (Å²) in [6.45, 7) is 6.93. The zero-order valence-electron chi connectivity index (χ0n) is 30.8. The van der Waals surface area contributed by atoms with E-state index in [0.717, 1.165) is 62.4 Å². The molecule has 1 unspecified atom stereocenters. The molecule has 5 heterocycles. The van der Waals surface area contributed by atoms with Gasteiger partial charge in [0.1, 0.15) is 23.4 Å². The fourth-order valence-electron chi connectivity index (χ4n) is 9.42. The number of benzene rings is 4. The molecule has 3 saturated heterocycles. The Balaban J connectivity index is 0.790. The van der Waals surface area contributed by atoms with Crippen molar-refractivity contribution in [2.45, 2.75) is 50.1 Å². The second kappa shape index (κ2) is 14.7. The first-order valence-electron chi connectivity index (χ1n) is 19.6. The zero-order valence-corrected chi connectivity index (χ0v) is 30.8. The lowest BCUT2D eigenvalue weighted by molar-refractivity contribution is -0.136. The monoisotopic (exact) mass is 743 g/mol. The Morgan fingerprint density at radius 3 is 2.31 bits per heavy atom. The highest BCUT2D eigenvalue weighted by Gasteiger charge is 2.40. The smallest absolute Gasteiger partial charge is 0.255 e. The van der Waals surface area contributed by atoms with Crippen molar-refractivity contribution in [2.24, 2.45) is 5.92 Å². The summed E-state index contributed by atoms with van der Waals surface area (Å²) in [5.41, 5.74) is 6.35. The Labute approximate surface area is 320 Å². The SMILES string of the molecule is O=C1CC[C@@H](N2Cc3cc(N4CCN(CC5CCN(c6ccc([C@@H]7c8ccc(O)cc8OCC7c7ccccc7)cc6)CC5)CC4)c(F)cc3C2=O)C(=O)N1. The highest BCUT2D eigenvalue weighted by molar-refractivity contribution is 6.05. The maximum Gasteiger partial charge on any atom is 0.255 e. The molecule has 5 aliphatic heterocycles. The molecule has 0 aromatic heterocycles. The maximum absolute atomic E-state index is 15.5. The average molecular weight is 744 g/mol. The molecule has 284 valence electrons. The van der Waals surface area contributed by atoms with Crippen LogP contribution in [-0.4, -0.2) is 91.1 Å². The molecule has 0 spiro atoms. The van der Waals surface area contributed by atoms with Crippen molar-refractivity contribution in [1.82, 2.24) is 15.1 Å². The Morgan fingerprint density at radius 2 is 1.56 bits per heavy atom. The molecule has 3 fully saturated rings. The summed E-state index contributed by atoms with van der Waals surface area (Å²) < 4.78 is 21.6. The summed E-state index contributed by atoms with van der Waals surface area (Å²) in [5.74, 6) is 0.274. The van der Waals surface area contributed by atoms with Crippen molar-refractivity contribution in [2.75, 3.05) is 62.2 Å². The highest BCUT2D eigenvalue weighted by Crippen LogP contribution is 2.47. The number of ether oxygens (including phenoxy) is 1. The second-order valence-electron chi connectivity index (χ2n) is 15.7. The summed E-state index contributed by atoms with van der Waals surface area (Å²) in [6, 6.07) is 27.4. The van der Waals surface area contributed by atoms with Gasteiger partial charge < -0.3 is 24.5 Å². The third-order valence-corrected chi connectivity index (χ3v) is 12.4. The van der Waals surface area contributed by atoms with E-state index in [0.29, 0.717) is 36.9 Å². The van der Waals surface area contributed by atoms with Crippen molar-refractivity contribution < 1.29 is 28.6 Å². The minimum absolute atomic E-state index is 0.116. The van der Waals surface area contributed by atoms with Gasteiger partial charge in [0.05, 0.1) is 12.3 Å². The van der Waals surface area contributed by atoms with Gasteiger partial charge in [0.25, 0.3) is 5.91 Å². The van der Waals surface area contributed by atoms with Gasteiger partial charge in [-0.2, -0.15) is 0 Å². The van der Waals surface area contributed by atoms with Gasteiger partial charge in [-0.05, 0) is 72.2 Å². The largest absolute Gasteiger partial charge is 0.508 e. The highest BCUT2D eigenvalue weighted by atomic mass is 19.1. The molecule has 0 aliphatic carbocycles. The number of rotatable bonds is 7. The van der Waals surface area contributed by atoms with Crippen LogP contribution in [-0.2, 0) is 16.1 Å². The van der Waals surface area contributed by atoms with Crippen LogP contribution in [0.25, 0.3) is 0 Å². The number of amides is 3. The van der Waals surface area contributed by atoms with Gasteiger partial charge in [-0.1, -0.05) is 48.5 Å². The Kier molecular flexibility index (Phi) is 9.41. The standard InChI is InChI=1S/C44H46FN5O5/c45-37-24-35-31(26-50(44(35)54)38-12-13-41(52)46-43(38)53)22-39(37)49-20-18-47(19-21-49)25-28-14-16-48(17-15-28)32-8-6-30(7-9-32)42-34-11-10-33(51)23-40(34)55-27-36(42)29-4-2-1-3-5-29/h1-11,22-24,28,36,38,42,51H,12-21,25-27H2,(H,46,52,53)/t36?,38-,42-/m1/s1. The number of nitrogens with one attached hydrogen (secondary N) is 1. The van der Waals surface area contributed by atoms with Gasteiger partial charge in [-0.15, -0.1) is 0 Å². The number of carbonyl (C=O) groups is 3. The van der Waals surface area contributed by atoms with E-state index in [2.05, 4.69) is 68.5 Å². The summed E-state index contributed by atoms with van der Waals surface area (Å²) in [5, 5.41) is 12.5. The van der Waals surface area contributed by atoms with Gasteiger partial charge in [-0.3, -0.25) is 24.6 Å². The topological polar surface area (TPSA) is 106 Å². The number of nitrogens with zero attached hydrogens (tertiary/aromatic N) is 4. The quantitative estimate of drug-likeness (QED) is 0.235. The van der Waals surface area contributed by atoms with Crippen molar-refractivity contribution in [1.29, 1.82) is 0 Å². The van der Waals surface area contributed by atoms with Crippen LogP contribution in [0.5, 0.6) is 11.5 Å². The Bertz CT molecular complexity index is 2100.